The molecule has 4 aliphatic rings. The fourth-order valence-electron chi connectivity index (χ4n) is 7.55. The molecule has 1 aromatic heterocycles. The number of nitrogens with one attached hydrogen (secondary N) is 1. The van der Waals surface area contributed by atoms with Gasteiger partial charge in [-0.25, -0.2) is 4.98 Å². The second-order valence-corrected chi connectivity index (χ2v) is 13.3. The van der Waals surface area contributed by atoms with Gasteiger partial charge in [0.2, 0.25) is 17.7 Å². The number of carbonyl (C=O) groups excluding carboxylic acids is 3. The molecule has 3 amide bonds. The lowest BCUT2D eigenvalue weighted by Crippen LogP contribution is -2.78. The SMILES string of the molecule is C=CC(=O)N1CC2(CN(CCN3C[C@H]4CC(=O)N(c5cc(C(F)(F)F)cc(C)n5)[C@@H]4C(=O)N(C)c4cccc(Cl)c43)C[C@@H](C)N2)C1. The van der Waals surface area contributed by atoms with Crippen molar-refractivity contribution in [3.8, 4) is 0 Å². The van der Waals surface area contributed by atoms with Crippen LogP contribution in [0.1, 0.15) is 24.6 Å². The Hall–Kier alpha value is -3.68. The molecule has 246 valence electrons. The summed E-state index contributed by atoms with van der Waals surface area (Å²) in [6.07, 6.45) is -3.34. The van der Waals surface area contributed by atoms with Crippen LogP contribution in [0.4, 0.5) is 30.4 Å². The average Bonchev–Trinajstić information content (AvgIpc) is 3.30. The number of pyridine rings is 1. The Bertz CT molecular complexity index is 1580. The second-order valence-electron chi connectivity index (χ2n) is 12.9. The molecule has 46 heavy (non-hydrogen) atoms. The van der Waals surface area contributed by atoms with Gasteiger partial charge in [0, 0.05) is 76.9 Å². The van der Waals surface area contributed by atoms with E-state index in [0.29, 0.717) is 42.6 Å². The van der Waals surface area contributed by atoms with Crippen molar-refractivity contribution in [1.29, 1.82) is 0 Å². The van der Waals surface area contributed by atoms with Crippen molar-refractivity contribution in [3.63, 3.8) is 0 Å². The second kappa shape index (κ2) is 11.8. The molecule has 3 saturated heterocycles. The van der Waals surface area contributed by atoms with Gasteiger partial charge in [-0.2, -0.15) is 13.2 Å². The largest absolute Gasteiger partial charge is 0.416 e. The summed E-state index contributed by atoms with van der Waals surface area (Å²) in [6, 6.07) is 6.19. The number of anilines is 3. The molecule has 2 aromatic rings. The van der Waals surface area contributed by atoms with Crippen LogP contribution in [0.3, 0.4) is 0 Å². The van der Waals surface area contributed by atoms with Gasteiger partial charge in [-0.05, 0) is 44.2 Å². The van der Waals surface area contributed by atoms with Crippen LogP contribution in [-0.2, 0) is 20.6 Å². The van der Waals surface area contributed by atoms with Crippen LogP contribution in [0.2, 0.25) is 5.02 Å². The lowest BCUT2D eigenvalue weighted by molar-refractivity contribution is -0.138. The topological polar surface area (TPSA) is 92.3 Å². The van der Waals surface area contributed by atoms with E-state index >= 15 is 0 Å². The van der Waals surface area contributed by atoms with E-state index in [-0.39, 0.29) is 42.0 Å². The normalized spacial score (nSPS) is 24.8. The number of para-hydroxylation sites is 1. The summed E-state index contributed by atoms with van der Waals surface area (Å²) < 4.78 is 41.2. The van der Waals surface area contributed by atoms with Gasteiger partial charge in [0.05, 0.1) is 27.5 Å². The molecule has 4 aliphatic heterocycles. The van der Waals surface area contributed by atoms with E-state index in [0.717, 1.165) is 30.1 Å². The third-order valence-corrected chi connectivity index (χ3v) is 9.70. The number of hydrogen-bond donors (Lipinski definition) is 1. The zero-order valence-electron chi connectivity index (χ0n) is 26.0. The molecule has 10 nitrogen and oxygen atoms in total. The first-order chi connectivity index (χ1) is 21.7. The number of rotatable bonds is 5. The van der Waals surface area contributed by atoms with E-state index in [1.54, 1.807) is 30.1 Å². The van der Waals surface area contributed by atoms with Crippen molar-refractivity contribution in [1.82, 2.24) is 20.1 Å². The lowest BCUT2D eigenvalue weighted by atomic mass is 9.85. The third kappa shape index (κ3) is 5.84. The van der Waals surface area contributed by atoms with Crippen LogP contribution in [0.5, 0.6) is 0 Å². The summed E-state index contributed by atoms with van der Waals surface area (Å²) in [6.45, 7) is 11.3. The van der Waals surface area contributed by atoms with Crippen molar-refractivity contribution < 1.29 is 27.6 Å². The first kappa shape index (κ1) is 32.3. The quantitative estimate of drug-likeness (QED) is 0.493. The predicted octanol–water partition coefficient (Wildman–Crippen LogP) is 3.33. The van der Waals surface area contributed by atoms with Gasteiger partial charge in [0.15, 0.2) is 0 Å². The number of fused-ring (bicyclic) bond motifs is 2. The minimum atomic E-state index is -4.64. The van der Waals surface area contributed by atoms with E-state index in [4.69, 9.17) is 11.6 Å². The van der Waals surface area contributed by atoms with E-state index in [1.165, 1.54) is 17.9 Å². The number of benzene rings is 1. The Morgan fingerprint density at radius 1 is 1.17 bits per heavy atom. The van der Waals surface area contributed by atoms with Gasteiger partial charge < -0.3 is 20.0 Å². The Morgan fingerprint density at radius 3 is 2.61 bits per heavy atom. The van der Waals surface area contributed by atoms with Crippen molar-refractivity contribution in [2.45, 2.75) is 44.1 Å². The maximum atomic E-state index is 14.1. The molecule has 0 unspecified atom stereocenters. The monoisotopic (exact) mass is 659 g/mol. The summed E-state index contributed by atoms with van der Waals surface area (Å²) in [5.41, 5.74) is 0.169. The van der Waals surface area contributed by atoms with Gasteiger partial charge in [-0.3, -0.25) is 24.2 Å². The summed E-state index contributed by atoms with van der Waals surface area (Å²) in [5.74, 6) is -1.68. The highest BCUT2D eigenvalue weighted by Crippen LogP contribution is 2.43. The van der Waals surface area contributed by atoms with Crippen LogP contribution >= 0.6 is 11.6 Å². The van der Waals surface area contributed by atoms with Crippen molar-refractivity contribution in [2.24, 2.45) is 5.92 Å². The number of aromatic nitrogens is 1. The number of aryl methyl sites for hydroxylation is 1. The van der Waals surface area contributed by atoms with Crippen LogP contribution in [0.15, 0.2) is 43.0 Å². The first-order valence-corrected chi connectivity index (χ1v) is 15.7. The van der Waals surface area contributed by atoms with E-state index in [9.17, 15) is 27.6 Å². The molecule has 0 saturated carbocycles. The van der Waals surface area contributed by atoms with E-state index in [2.05, 4.69) is 33.6 Å². The minimum Gasteiger partial charge on any atom is -0.367 e. The standard InChI is InChI=1S/C32H37ClF3N7O3/c1-5-26(44)42-17-31(18-42)16-40(14-20(3)38-31)9-10-41-15-21-12-27(45)43(25-13-22(32(34,35)36)11-19(2)37-25)28(21)30(46)39(4)24-8-6-7-23(33)29(24)41/h5-8,11,13,20-21,28,38H,1,9-10,12,14-18H2,2-4H3/t20-,21-,28+/m1/s1. The molecule has 3 atom stereocenters. The molecule has 14 heteroatoms. The Labute approximate surface area is 270 Å². The van der Waals surface area contributed by atoms with Crippen molar-refractivity contribution in [3.05, 3.63) is 59.3 Å². The number of alkyl halides is 3. The molecule has 5 heterocycles. The minimum absolute atomic E-state index is 0.0293. The molecule has 1 N–H and O–H groups in total. The fraction of sp³-hybridized carbons (Fsp3) is 0.500. The molecule has 0 bridgehead atoms. The lowest BCUT2D eigenvalue weighted by Gasteiger charge is -2.56. The van der Waals surface area contributed by atoms with E-state index < -0.39 is 35.5 Å². The molecular weight excluding hydrogens is 623 g/mol. The molecule has 0 aliphatic carbocycles. The summed E-state index contributed by atoms with van der Waals surface area (Å²) in [5, 5.41) is 4.12. The molecule has 3 fully saturated rings. The highest BCUT2D eigenvalue weighted by molar-refractivity contribution is 6.34. The van der Waals surface area contributed by atoms with Gasteiger partial charge in [-0.1, -0.05) is 24.2 Å². The van der Waals surface area contributed by atoms with Gasteiger partial charge in [0.25, 0.3) is 0 Å². The smallest absolute Gasteiger partial charge is 0.367 e. The molecule has 1 aromatic carbocycles. The van der Waals surface area contributed by atoms with E-state index in [1.807, 2.05) is 0 Å². The number of amides is 3. The fourth-order valence-corrected chi connectivity index (χ4v) is 7.84. The number of hydrogen-bond acceptors (Lipinski definition) is 7. The number of nitrogens with zero attached hydrogens (tertiary/aromatic N) is 6. The van der Waals surface area contributed by atoms with Crippen LogP contribution in [0, 0.1) is 12.8 Å². The number of piperazine rings is 1. The Balaban J connectivity index is 1.29. The molecular formula is C32H37ClF3N7O3. The Morgan fingerprint density at radius 2 is 1.91 bits per heavy atom. The maximum absolute atomic E-state index is 14.1. The van der Waals surface area contributed by atoms with Gasteiger partial charge in [0.1, 0.15) is 11.9 Å². The van der Waals surface area contributed by atoms with Crippen molar-refractivity contribution >= 4 is 46.5 Å². The average molecular weight is 660 g/mol. The van der Waals surface area contributed by atoms with Crippen molar-refractivity contribution in [2.75, 3.05) is 67.6 Å². The maximum Gasteiger partial charge on any atom is 0.416 e. The van der Waals surface area contributed by atoms with Crippen LogP contribution in [0.25, 0.3) is 0 Å². The zero-order chi connectivity index (χ0) is 33.1. The van der Waals surface area contributed by atoms with Crippen LogP contribution in [-0.4, -0.2) is 103 Å². The number of likely N-dealkylation sites (tertiary alicyclic amines) is 1. The number of carbonyl (C=O) groups is 3. The first-order valence-electron chi connectivity index (χ1n) is 15.3. The summed E-state index contributed by atoms with van der Waals surface area (Å²) in [7, 11) is 1.60. The highest BCUT2D eigenvalue weighted by atomic mass is 35.5. The van der Waals surface area contributed by atoms with Gasteiger partial charge in [-0.15, -0.1) is 0 Å². The van der Waals surface area contributed by atoms with Gasteiger partial charge >= 0.3 is 6.18 Å². The molecule has 1 spiro atoms. The highest BCUT2D eigenvalue weighted by Gasteiger charge is 2.51. The summed E-state index contributed by atoms with van der Waals surface area (Å²) >= 11 is 6.79. The molecule has 6 rings (SSSR count). The zero-order valence-corrected chi connectivity index (χ0v) is 26.7. The number of likely N-dealkylation sites (N-methyl/N-ethyl adjacent to an activating group) is 1. The third-order valence-electron chi connectivity index (χ3n) is 9.40. The van der Waals surface area contributed by atoms with Crippen LogP contribution < -0.4 is 20.0 Å². The Kier molecular flexibility index (Phi) is 8.31. The predicted molar refractivity (Wildman–Crippen MR) is 169 cm³/mol. The molecule has 0 radical (unpaired) electrons. The number of halogens is 4. The summed E-state index contributed by atoms with van der Waals surface area (Å²) in [4.78, 5) is 52.8.